The average Bonchev–Trinajstić information content (AvgIpc) is 2.32. The normalized spacial score (nSPS) is 19.5. The lowest BCUT2D eigenvalue weighted by Gasteiger charge is -2.36. The fraction of sp³-hybridized carbons (Fsp3) is 0.533. The maximum atomic E-state index is 11.7. The van der Waals surface area contributed by atoms with Crippen LogP contribution in [0.5, 0.6) is 0 Å². The fourth-order valence-electron chi connectivity index (χ4n) is 2.81. The lowest BCUT2D eigenvalue weighted by atomic mass is 9.98. The Bertz CT molecular complexity index is 496. The molecule has 0 saturated carbocycles. The highest BCUT2D eigenvalue weighted by atomic mass is 16.2. The molecule has 1 fully saturated rings. The maximum absolute atomic E-state index is 11.7. The number of nitrogens with one attached hydrogen (secondary N) is 1. The molecule has 0 aliphatic carbocycles. The van der Waals surface area contributed by atoms with Gasteiger partial charge in [0.1, 0.15) is 0 Å². The Morgan fingerprint density at radius 2 is 2.16 bits per heavy atom. The lowest BCUT2D eigenvalue weighted by Crippen LogP contribution is -2.55. The van der Waals surface area contributed by atoms with Crippen molar-refractivity contribution in [2.24, 2.45) is 0 Å². The van der Waals surface area contributed by atoms with E-state index in [0.29, 0.717) is 12.5 Å². The molecule has 3 rings (SSSR count). The van der Waals surface area contributed by atoms with E-state index in [0.717, 1.165) is 31.7 Å². The van der Waals surface area contributed by atoms with Gasteiger partial charge >= 0.3 is 0 Å². The molecule has 1 aromatic rings. The summed E-state index contributed by atoms with van der Waals surface area (Å²) in [6.07, 6.45) is 1.51. The van der Waals surface area contributed by atoms with Crippen LogP contribution in [0, 0.1) is 0 Å². The van der Waals surface area contributed by atoms with Crippen LogP contribution in [-0.2, 0) is 17.8 Å². The largest absolute Gasteiger partial charge is 0.315 e. The molecule has 1 N–H and O–H groups in total. The van der Waals surface area contributed by atoms with Crippen molar-refractivity contribution >= 4 is 11.6 Å². The third kappa shape index (κ3) is 2.38. The van der Waals surface area contributed by atoms with Crippen LogP contribution in [0.15, 0.2) is 18.2 Å². The predicted molar refractivity (Wildman–Crippen MR) is 76.3 cm³/mol. The SMILES string of the molecule is CN1C(=O)CCc2cc(CN(C)C3CNC3)ccc21. The van der Waals surface area contributed by atoms with Gasteiger partial charge in [0.05, 0.1) is 0 Å². The Labute approximate surface area is 114 Å². The second kappa shape index (κ2) is 4.94. The van der Waals surface area contributed by atoms with Gasteiger partial charge in [-0.25, -0.2) is 0 Å². The summed E-state index contributed by atoms with van der Waals surface area (Å²) in [7, 11) is 4.05. The fourth-order valence-corrected chi connectivity index (χ4v) is 2.81. The molecule has 2 aliphatic heterocycles. The van der Waals surface area contributed by atoms with Gasteiger partial charge in [-0.1, -0.05) is 12.1 Å². The van der Waals surface area contributed by atoms with Crippen molar-refractivity contribution in [3.05, 3.63) is 29.3 Å². The van der Waals surface area contributed by atoms with Gasteiger partial charge in [0.25, 0.3) is 0 Å². The second-order valence-electron chi connectivity index (χ2n) is 5.64. The molecule has 1 aromatic carbocycles. The van der Waals surface area contributed by atoms with Crippen LogP contribution in [0.25, 0.3) is 0 Å². The summed E-state index contributed by atoms with van der Waals surface area (Å²) in [5, 5.41) is 3.30. The third-order valence-electron chi connectivity index (χ3n) is 4.30. The maximum Gasteiger partial charge on any atom is 0.227 e. The van der Waals surface area contributed by atoms with E-state index < -0.39 is 0 Å². The topological polar surface area (TPSA) is 35.6 Å². The molecule has 0 spiro atoms. The highest BCUT2D eigenvalue weighted by molar-refractivity contribution is 5.95. The Morgan fingerprint density at radius 3 is 2.84 bits per heavy atom. The monoisotopic (exact) mass is 259 g/mol. The molecule has 0 aromatic heterocycles. The van der Waals surface area contributed by atoms with E-state index in [4.69, 9.17) is 0 Å². The van der Waals surface area contributed by atoms with E-state index in [2.05, 4.69) is 35.5 Å². The summed E-state index contributed by atoms with van der Waals surface area (Å²) >= 11 is 0. The first-order valence-corrected chi connectivity index (χ1v) is 6.94. The van der Waals surface area contributed by atoms with Crippen LogP contribution < -0.4 is 10.2 Å². The number of aryl methyl sites for hydroxylation is 1. The third-order valence-corrected chi connectivity index (χ3v) is 4.30. The highest BCUT2D eigenvalue weighted by Crippen LogP contribution is 2.28. The highest BCUT2D eigenvalue weighted by Gasteiger charge is 2.23. The molecule has 19 heavy (non-hydrogen) atoms. The molecule has 4 heteroatoms. The summed E-state index contributed by atoms with van der Waals surface area (Å²) in [6, 6.07) is 7.17. The zero-order valence-corrected chi connectivity index (χ0v) is 11.6. The zero-order valence-electron chi connectivity index (χ0n) is 11.6. The zero-order chi connectivity index (χ0) is 13.4. The Hall–Kier alpha value is -1.39. The van der Waals surface area contributed by atoms with Gasteiger partial charge < -0.3 is 10.2 Å². The minimum atomic E-state index is 0.220. The van der Waals surface area contributed by atoms with E-state index in [-0.39, 0.29) is 5.91 Å². The number of hydrogen-bond acceptors (Lipinski definition) is 3. The number of likely N-dealkylation sites (N-methyl/N-ethyl adjacent to an activating group) is 1. The van der Waals surface area contributed by atoms with E-state index in [9.17, 15) is 4.79 Å². The van der Waals surface area contributed by atoms with Crippen LogP contribution >= 0.6 is 0 Å². The first-order chi connectivity index (χ1) is 9.15. The van der Waals surface area contributed by atoms with Gasteiger partial charge in [0, 0.05) is 44.8 Å². The number of hydrogen-bond donors (Lipinski definition) is 1. The summed E-state index contributed by atoms with van der Waals surface area (Å²) in [6.45, 7) is 3.18. The summed E-state index contributed by atoms with van der Waals surface area (Å²) in [4.78, 5) is 15.8. The Kier molecular flexibility index (Phi) is 3.29. The number of carbonyl (C=O) groups excluding carboxylic acids is 1. The van der Waals surface area contributed by atoms with Crippen molar-refractivity contribution < 1.29 is 4.79 Å². The van der Waals surface area contributed by atoms with Gasteiger partial charge in [0.15, 0.2) is 0 Å². The molecule has 0 radical (unpaired) electrons. The van der Waals surface area contributed by atoms with Gasteiger partial charge in [-0.15, -0.1) is 0 Å². The van der Waals surface area contributed by atoms with Crippen molar-refractivity contribution in [2.45, 2.75) is 25.4 Å². The molecule has 0 bridgehead atoms. The molecule has 2 aliphatic rings. The van der Waals surface area contributed by atoms with E-state index in [1.54, 1.807) is 4.90 Å². The Morgan fingerprint density at radius 1 is 1.37 bits per heavy atom. The minimum Gasteiger partial charge on any atom is -0.315 e. The molecular weight excluding hydrogens is 238 g/mol. The lowest BCUT2D eigenvalue weighted by molar-refractivity contribution is -0.118. The van der Waals surface area contributed by atoms with Crippen molar-refractivity contribution in [2.75, 3.05) is 32.1 Å². The molecule has 0 atom stereocenters. The summed E-state index contributed by atoms with van der Waals surface area (Å²) in [5.41, 5.74) is 3.73. The van der Waals surface area contributed by atoms with Gasteiger partial charge in [-0.3, -0.25) is 9.69 Å². The number of benzene rings is 1. The number of fused-ring (bicyclic) bond motifs is 1. The first-order valence-electron chi connectivity index (χ1n) is 6.94. The first kappa shape index (κ1) is 12.6. The standard InChI is InChI=1S/C15H21N3O/c1-17(13-8-16-9-13)10-11-3-5-14-12(7-11)4-6-15(19)18(14)2/h3,5,7,13,16H,4,6,8-10H2,1-2H3. The van der Waals surface area contributed by atoms with E-state index in [1.807, 2.05) is 7.05 Å². The number of rotatable bonds is 3. The molecule has 1 saturated heterocycles. The number of amides is 1. The average molecular weight is 259 g/mol. The van der Waals surface area contributed by atoms with E-state index >= 15 is 0 Å². The minimum absolute atomic E-state index is 0.220. The van der Waals surface area contributed by atoms with Crippen molar-refractivity contribution in [1.82, 2.24) is 10.2 Å². The number of nitrogens with zero attached hydrogens (tertiary/aromatic N) is 2. The summed E-state index contributed by atoms with van der Waals surface area (Å²) in [5.74, 6) is 0.220. The van der Waals surface area contributed by atoms with Crippen LogP contribution in [0.3, 0.4) is 0 Å². The quantitative estimate of drug-likeness (QED) is 0.879. The second-order valence-corrected chi connectivity index (χ2v) is 5.64. The van der Waals surface area contributed by atoms with Crippen LogP contribution in [0.2, 0.25) is 0 Å². The smallest absolute Gasteiger partial charge is 0.227 e. The molecular formula is C15H21N3O. The Balaban J connectivity index is 1.75. The molecule has 0 unspecified atom stereocenters. The van der Waals surface area contributed by atoms with Gasteiger partial charge in [-0.05, 0) is 30.7 Å². The molecule has 2 heterocycles. The molecule has 4 nitrogen and oxygen atoms in total. The van der Waals surface area contributed by atoms with Crippen LogP contribution in [0.4, 0.5) is 5.69 Å². The van der Waals surface area contributed by atoms with Crippen molar-refractivity contribution in [3.63, 3.8) is 0 Å². The van der Waals surface area contributed by atoms with Crippen LogP contribution in [-0.4, -0.2) is 44.0 Å². The van der Waals surface area contributed by atoms with E-state index in [1.165, 1.54) is 11.1 Å². The van der Waals surface area contributed by atoms with Crippen molar-refractivity contribution in [1.29, 1.82) is 0 Å². The van der Waals surface area contributed by atoms with Gasteiger partial charge in [0.2, 0.25) is 5.91 Å². The van der Waals surface area contributed by atoms with Gasteiger partial charge in [-0.2, -0.15) is 0 Å². The summed E-state index contributed by atoms with van der Waals surface area (Å²) < 4.78 is 0. The van der Waals surface area contributed by atoms with Crippen molar-refractivity contribution in [3.8, 4) is 0 Å². The molecule has 1 amide bonds. The molecule has 102 valence electrons. The number of carbonyl (C=O) groups is 1. The van der Waals surface area contributed by atoms with Crippen LogP contribution in [0.1, 0.15) is 17.5 Å². The number of anilines is 1. The predicted octanol–water partition coefficient (Wildman–Crippen LogP) is 0.999.